The van der Waals surface area contributed by atoms with Crippen LogP contribution in [-0.2, 0) is 14.9 Å². The SMILES string of the molecule is CCCCCCCC(=O)O.CCCCCCCCS(=O)(=O)O. The molecule has 0 aliphatic heterocycles. The average Bonchev–Trinajstić information content (AvgIpc) is 2.42. The van der Waals surface area contributed by atoms with Crippen molar-refractivity contribution >= 4 is 16.1 Å². The van der Waals surface area contributed by atoms with Crippen molar-refractivity contribution in [2.45, 2.75) is 90.9 Å². The zero-order valence-electron chi connectivity index (χ0n) is 14.2. The van der Waals surface area contributed by atoms with Crippen LogP contribution in [-0.4, -0.2) is 29.8 Å². The van der Waals surface area contributed by atoms with E-state index in [0.717, 1.165) is 25.7 Å². The number of aliphatic carboxylic acids is 1. The highest BCUT2D eigenvalue weighted by Gasteiger charge is 2.02. The minimum Gasteiger partial charge on any atom is -0.481 e. The first-order chi connectivity index (χ1) is 10.3. The maximum Gasteiger partial charge on any atom is 0.303 e. The highest BCUT2D eigenvalue weighted by Crippen LogP contribution is 2.05. The van der Waals surface area contributed by atoms with Gasteiger partial charge in [0.15, 0.2) is 0 Å². The van der Waals surface area contributed by atoms with Crippen molar-refractivity contribution in [2.24, 2.45) is 0 Å². The Morgan fingerprint density at radius 3 is 1.59 bits per heavy atom. The molecule has 0 atom stereocenters. The van der Waals surface area contributed by atoms with Crippen molar-refractivity contribution in [3.05, 3.63) is 0 Å². The predicted molar refractivity (Wildman–Crippen MR) is 90.8 cm³/mol. The van der Waals surface area contributed by atoms with E-state index in [0.29, 0.717) is 12.8 Å². The van der Waals surface area contributed by atoms with Gasteiger partial charge in [-0.1, -0.05) is 71.6 Å². The third-order valence-corrected chi connectivity index (χ3v) is 4.05. The van der Waals surface area contributed by atoms with E-state index in [1.54, 1.807) is 0 Å². The van der Waals surface area contributed by atoms with Crippen LogP contribution in [0.15, 0.2) is 0 Å². The number of carboxylic acid groups (broad SMARTS) is 1. The van der Waals surface area contributed by atoms with E-state index in [-0.39, 0.29) is 5.75 Å². The monoisotopic (exact) mass is 338 g/mol. The van der Waals surface area contributed by atoms with Crippen LogP contribution < -0.4 is 0 Å². The van der Waals surface area contributed by atoms with Crippen LogP contribution in [0.1, 0.15) is 90.9 Å². The standard InChI is InChI=1S/C8H18O3S.C8H16O2/c1-2-3-4-5-6-7-8-12(9,10)11;1-2-3-4-5-6-7-8(9)10/h2-8H2,1H3,(H,9,10,11);2-7H2,1H3,(H,9,10). The van der Waals surface area contributed by atoms with E-state index < -0.39 is 16.1 Å². The Hall–Kier alpha value is -0.620. The quantitative estimate of drug-likeness (QED) is 0.376. The van der Waals surface area contributed by atoms with Crippen LogP contribution in [0, 0.1) is 0 Å². The number of hydrogen-bond acceptors (Lipinski definition) is 3. The third-order valence-electron chi connectivity index (χ3n) is 3.25. The number of carboxylic acids is 1. The van der Waals surface area contributed by atoms with Crippen molar-refractivity contribution in [1.82, 2.24) is 0 Å². The van der Waals surface area contributed by atoms with Gasteiger partial charge in [-0.3, -0.25) is 9.35 Å². The van der Waals surface area contributed by atoms with Gasteiger partial charge < -0.3 is 5.11 Å². The highest BCUT2D eigenvalue weighted by molar-refractivity contribution is 7.85. The average molecular weight is 339 g/mol. The number of rotatable bonds is 13. The molecule has 0 aromatic heterocycles. The lowest BCUT2D eigenvalue weighted by molar-refractivity contribution is -0.137. The smallest absolute Gasteiger partial charge is 0.303 e. The summed E-state index contributed by atoms with van der Waals surface area (Å²) >= 11 is 0. The molecule has 0 amide bonds. The first-order valence-corrected chi connectivity index (χ1v) is 10.1. The molecular weight excluding hydrogens is 304 g/mol. The zero-order valence-corrected chi connectivity index (χ0v) is 15.0. The summed E-state index contributed by atoms with van der Waals surface area (Å²) in [6.07, 6.45) is 12.0. The van der Waals surface area contributed by atoms with Crippen molar-refractivity contribution in [2.75, 3.05) is 5.75 Å². The van der Waals surface area contributed by atoms with Crippen LogP contribution in [0.3, 0.4) is 0 Å². The van der Waals surface area contributed by atoms with E-state index >= 15 is 0 Å². The summed E-state index contributed by atoms with van der Waals surface area (Å²) < 4.78 is 28.9. The molecular formula is C16H34O5S. The van der Waals surface area contributed by atoms with Gasteiger partial charge in [0.05, 0.1) is 5.75 Å². The fourth-order valence-electron chi connectivity index (χ4n) is 1.94. The summed E-state index contributed by atoms with van der Waals surface area (Å²) in [6.45, 7) is 4.29. The normalized spacial score (nSPS) is 10.9. The van der Waals surface area contributed by atoms with Crippen molar-refractivity contribution < 1.29 is 22.9 Å². The van der Waals surface area contributed by atoms with Crippen LogP contribution in [0.5, 0.6) is 0 Å². The zero-order chi connectivity index (χ0) is 17.3. The largest absolute Gasteiger partial charge is 0.481 e. The Labute approximate surface area is 136 Å². The molecule has 0 saturated heterocycles. The summed E-state index contributed by atoms with van der Waals surface area (Å²) in [5.41, 5.74) is 0. The molecule has 0 fully saturated rings. The number of unbranched alkanes of at least 4 members (excludes halogenated alkanes) is 9. The molecule has 0 radical (unpaired) electrons. The summed E-state index contributed by atoms with van der Waals surface area (Å²) in [4.78, 5) is 10.0. The van der Waals surface area contributed by atoms with Gasteiger partial charge in [-0.15, -0.1) is 0 Å². The molecule has 0 heterocycles. The first-order valence-electron chi connectivity index (χ1n) is 8.50. The topological polar surface area (TPSA) is 91.7 Å². The van der Waals surface area contributed by atoms with E-state index in [9.17, 15) is 13.2 Å². The van der Waals surface area contributed by atoms with Crippen molar-refractivity contribution in [3.63, 3.8) is 0 Å². The second-order valence-electron chi connectivity index (χ2n) is 5.61. The minimum atomic E-state index is -3.72. The molecule has 0 aromatic carbocycles. The molecule has 0 aliphatic carbocycles. The maximum absolute atomic E-state index is 10.3. The lowest BCUT2D eigenvalue weighted by Crippen LogP contribution is -2.03. The second-order valence-corrected chi connectivity index (χ2v) is 7.18. The molecule has 0 rings (SSSR count). The molecule has 2 N–H and O–H groups in total. The van der Waals surface area contributed by atoms with Gasteiger partial charge in [0.2, 0.25) is 0 Å². The van der Waals surface area contributed by atoms with Gasteiger partial charge in [0, 0.05) is 6.42 Å². The minimum absolute atomic E-state index is 0.0842. The second kappa shape index (κ2) is 16.7. The van der Waals surface area contributed by atoms with Gasteiger partial charge >= 0.3 is 5.97 Å². The van der Waals surface area contributed by atoms with Gasteiger partial charge in [0.1, 0.15) is 0 Å². The molecule has 134 valence electrons. The summed E-state index contributed by atoms with van der Waals surface area (Å²) in [5, 5.41) is 8.27. The Morgan fingerprint density at radius 1 is 0.773 bits per heavy atom. The third kappa shape index (κ3) is 27.7. The van der Waals surface area contributed by atoms with E-state index in [1.165, 1.54) is 38.5 Å². The fraction of sp³-hybridized carbons (Fsp3) is 0.938. The molecule has 0 spiro atoms. The van der Waals surface area contributed by atoms with Gasteiger partial charge in [0.25, 0.3) is 10.1 Å². The van der Waals surface area contributed by atoms with Crippen LogP contribution in [0.25, 0.3) is 0 Å². The molecule has 5 nitrogen and oxygen atoms in total. The number of hydrogen-bond donors (Lipinski definition) is 2. The van der Waals surface area contributed by atoms with Crippen LogP contribution in [0.2, 0.25) is 0 Å². The van der Waals surface area contributed by atoms with Crippen LogP contribution in [0.4, 0.5) is 0 Å². The Bertz CT molecular complexity index is 338. The first kappa shape index (κ1) is 23.6. The lowest BCUT2D eigenvalue weighted by Gasteiger charge is -1.98. The Balaban J connectivity index is 0. The molecule has 0 bridgehead atoms. The van der Waals surface area contributed by atoms with E-state index in [4.69, 9.17) is 9.66 Å². The fourth-order valence-corrected chi connectivity index (χ4v) is 2.51. The highest BCUT2D eigenvalue weighted by atomic mass is 32.2. The summed E-state index contributed by atoms with van der Waals surface area (Å²) in [5.74, 6) is -0.754. The van der Waals surface area contributed by atoms with Crippen molar-refractivity contribution in [3.8, 4) is 0 Å². The molecule has 6 heteroatoms. The van der Waals surface area contributed by atoms with E-state index in [2.05, 4.69) is 13.8 Å². The molecule has 0 aromatic rings. The maximum atomic E-state index is 10.3. The lowest BCUT2D eigenvalue weighted by atomic mass is 10.1. The Morgan fingerprint density at radius 2 is 1.18 bits per heavy atom. The van der Waals surface area contributed by atoms with Crippen molar-refractivity contribution in [1.29, 1.82) is 0 Å². The van der Waals surface area contributed by atoms with Gasteiger partial charge in [-0.2, -0.15) is 8.42 Å². The van der Waals surface area contributed by atoms with E-state index in [1.807, 2.05) is 0 Å². The van der Waals surface area contributed by atoms with Gasteiger partial charge in [-0.25, -0.2) is 0 Å². The molecule has 0 aliphatic rings. The summed E-state index contributed by atoms with van der Waals surface area (Å²) in [6, 6.07) is 0. The summed E-state index contributed by atoms with van der Waals surface area (Å²) in [7, 11) is -3.72. The predicted octanol–water partition coefficient (Wildman–Crippen LogP) is 4.67. The van der Waals surface area contributed by atoms with Crippen LogP contribution >= 0.6 is 0 Å². The van der Waals surface area contributed by atoms with Gasteiger partial charge in [-0.05, 0) is 12.8 Å². The molecule has 0 saturated carbocycles. The Kier molecular flexibility index (Phi) is 18.0. The molecule has 0 unspecified atom stereocenters. The molecule has 22 heavy (non-hydrogen) atoms. The number of carbonyl (C=O) groups is 1.